The molecule has 1 N–H and O–H groups in total. The summed E-state index contributed by atoms with van der Waals surface area (Å²) in [6.45, 7) is 1.60. The standard InChI is InChI=1S/C14H18BrN3O3/c1-17-8-3-2-5-10(17)9-16-14(19)11-6-4-7-12(13(11)15)18(20)21/h4,6-7,10H,2-3,5,8-9H2,1H3,(H,16,19). The summed E-state index contributed by atoms with van der Waals surface area (Å²) in [7, 11) is 2.05. The molecule has 1 aromatic carbocycles. The minimum absolute atomic E-state index is 0.0996. The second-order valence-electron chi connectivity index (χ2n) is 5.24. The van der Waals surface area contributed by atoms with E-state index in [1.807, 2.05) is 0 Å². The average molecular weight is 356 g/mol. The molecule has 21 heavy (non-hydrogen) atoms. The van der Waals surface area contributed by atoms with Crippen LogP contribution in [0.1, 0.15) is 29.6 Å². The molecule has 1 atom stereocenters. The van der Waals surface area contributed by atoms with Crippen LogP contribution in [0, 0.1) is 10.1 Å². The van der Waals surface area contributed by atoms with Gasteiger partial charge in [-0.1, -0.05) is 12.5 Å². The number of nitro benzene ring substituents is 1. The number of halogens is 1. The lowest BCUT2D eigenvalue weighted by Gasteiger charge is -2.32. The highest BCUT2D eigenvalue weighted by Crippen LogP contribution is 2.28. The van der Waals surface area contributed by atoms with Gasteiger partial charge in [-0.2, -0.15) is 0 Å². The van der Waals surface area contributed by atoms with Gasteiger partial charge in [-0.3, -0.25) is 14.9 Å². The fraction of sp³-hybridized carbons (Fsp3) is 0.500. The van der Waals surface area contributed by atoms with Gasteiger partial charge in [0.25, 0.3) is 11.6 Å². The van der Waals surface area contributed by atoms with Crippen LogP contribution in [0.3, 0.4) is 0 Å². The molecule has 0 spiro atoms. The van der Waals surface area contributed by atoms with Crippen molar-refractivity contribution in [1.82, 2.24) is 10.2 Å². The van der Waals surface area contributed by atoms with E-state index >= 15 is 0 Å². The maximum absolute atomic E-state index is 12.2. The number of rotatable bonds is 4. The second kappa shape index (κ2) is 7.00. The number of piperidine rings is 1. The molecule has 0 aromatic heterocycles. The largest absolute Gasteiger partial charge is 0.350 e. The number of carbonyl (C=O) groups is 1. The maximum Gasteiger partial charge on any atom is 0.284 e. The topological polar surface area (TPSA) is 75.5 Å². The molecule has 1 fully saturated rings. The van der Waals surface area contributed by atoms with Crippen molar-refractivity contribution in [2.24, 2.45) is 0 Å². The number of likely N-dealkylation sites (N-methyl/N-ethyl adjacent to an activating group) is 1. The molecule has 1 aliphatic heterocycles. The molecule has 6 nitrogen and oxygen atoms in total. The highest BCUT2D eigenvalue weighted by atomic mass is 79.9. The van der Waals surface area contributed by atoms with E-state index in [4.69, 9.17) is 0 Å². The predicted molar refractivity (Wildman–Crippen MR) is 83.4 cm³/mol. The molecule has 114 valence electrons. The van der Waals surface area contributed by atoms with Crippen LogP contribution in [0.25, 0.3) is 0 Å². The van der Waals surface area contributed by atoms with Gasteiger partial charge in [0.15, 0.2) is 0 Å². The van der Waals surface area contributed by atoms with Crippen LogP contribution in [0.4, 0.5) is 5.69 Å². The van der Waals surface area contributed by atoms with Crippen molar-refractivity contribution in [3.8, 4) is 0 Å². The highest BCUT2D eigenvalue weighted by molar-refractivity contribution is 9.10. The zero-order valence-corrected chi connectivity index (χ0v) is 13.4. The summed E-state index contributed by atoms with van der Waals surface area (Å²) in [5.74, 6) is -0.287. The summed E-state index contributed by atoms with van der Waals surface area (Å²) in [6, 6.07) is 4.80. The minimum atomic E-state index is -0.504. The van der Waals surface area contributed by atoms with Crippen LogP contribution in [-0.4, -0.2) is 41.9 Å². The van der Waals surface area contributed by atoms with E-state index < -0.39 is 4.92 Å². The van der Waals surface area contributed by atoms with Gasteiger partial charge in [-0.15, -0.1) is 0 Å². The molecule has 0 saturated carbocycles. The Labute approximate surface area is 131 Å². The van der Waals surface area contributed by atoms with E-state index in [9.17, 15) is 14.9 Å². The summed E-state index contributed by atoms with van der Waals surface area (Å²) in [6.07, 6.45) is 3.43. The first-order chi connectivity index (χ1) is 10.0. The number of carbonyl (C=O) groups excluding carboxylic acids is 1. The molecule has 1 saturated heterocycles. The molecule has 1 aromatic rings. The SMILES string of the molecule is CN1CCCCC1CNC(=O)c1cccc([N+](=O)[O-])c1Br. The van der Waals surface area contributed by atoms with Crippen LogP contribution in [0.5, 0.6) is 0 Å². The van der Waals surface area contributed by atoms with Gasteiger partial charge in [0.2, 0.25) is 0 Å². The lowest BCUT2D eigenvalue weighted by Crippen LogP contribution is -2.44. The van der Waals surface area contributed by atoms with Crippen molar-refractivity contribution >= 4 is 27.5 Å². The molecule has 1 heterocycles. The lowest BCUT2D eigenvalue weighted by atomic mass is 10.0. The van der Waals surface area contributed by atoms with Crippen LogP contribution in [0.15, 0.2) is 22.7 Å². The molecule has 0 radical (unpaired) electrons. The Bertz CT molecular complexity index is 550. The van der Waals surface area contributed by atoms with Gasteiger partial charge >= 0.3 is 0 Å². The first-order valence-electron chi connectivity index (χ1n) is 6.92. The van der Waals surface area contributed by atoms with Crippen molar-refractivity contribution in [2.75, 3.05) is 20.1 Å². The van der Waals surface area contributed by atoms with Crippen molar-refractivity contribution in [2.45, 2.75) is 25.3 Å². The van der Waals surface area contributed by atoms with Gasteiger partial charge < -0.3 is 10.2 Å². The first kappa shape index (κ1) is 15.9. The summed E-state index contributed by atoms with van der Waals surface area (Å²) in [4.78, 5) is 24.8. The minimum Gasteiger partial charge on any atom is -0.350 e. The molecule has 0 aliphatic carbocycles. The number of hydrogen-bond donors (Lipinski definition) is 1. The predicted octanol–water partition coefficient (Wildman–Crippen LogP) is 2.57. The van der Waals surface area contributed by atoms with Gasteiger partial charge in [0.05, 0.1) is 10.5 Å². The summed E-state index contributed by atoms with van der Waals surface area (Å²) in [5, 5.41) is 13.8. The average Bonchev–Trinajstić information content (AvgIpc) is 2.46. The van der Waals surface area contributed by atoms with Gasteiger partial charge in [-0.25, -0.2) is 0 Å². The summed E-state index contributed by atoms with van der Waals surface area (Å²) < 4.78 is 0.226. The zero-order chi connectivity index (χ0) is 15.4. The van der Waals surface area contributed by atoms with Crippen LogP contribution in [0.2, 0.25) is 0 Å². The maximum atomic E-state index is 12.2. The van der Waals surface area contributed by atoms with E-state index in [0.717, 1.165) is 13.0 Å². The molecule has 1 aliphatic rings. The van der Waals surface area contributed by atoms with E-state index in [0.29, 0.717) is 18.2 Å². The zero-order valence-electron chi connectivity index (χ0n) is 11.8. The quantitative estimate of drug-likeness (QED) is 0.665. The molecule has 1 amide bonds. The van der Waals surface area contributed by atoms with Crippen molar-refractivity contribution in [1.29, 1.82) is 0 Å². The molecule has 1 unspecified atom stereocenters. The van der Waals surface area contributed by atoms with E-state index in [2.05, 4.69) is 33.2 Å². The molecule has 0 bridgehead atoms. The second-order valence-corrected chi connectivity index (χ2v) is 6.03. The summed E-state index contributed by atoms with van der Waals surface area (Å²) in [5.41, 5.74) is 0.195. The van der Waals surface area contributed by atoms with Crippen LogP contribution >= 0.6 is 15.9 Å². The number of likely N-dealkylation sites (tertiary alicyclic amines) is 1. The van der Waals surface area contributed by atoms with Gasteiger partial charge in [0, 0.05) is 18.7 Å². The highest BCUT2D eigenvalue weighted by Gasteiger charge is 2.22. The molecular formula is C14H18BrN3O3. The van der Waals surface area contributed by atoms with Crippen molar-refractivity contribution in [3.63, 3.8) is 0 Å². The van der Waals surface area contributed by atoms with Gasteiger partial charge in [-0.05, 0) is 48.4 Å². The fourth-order valence-corrected chi connectivity index (χ4v) is 3.13. The normalized spacial score (nSPS) is 19.2. The number of nitrogens with zero attached hydrogens (tertiary/aromatic N) is 2. The lowest BCUT2D eigenvalue weighted by molar-refractivity contribution is -0.385. The van der Waals surface area contributed by atoms with Crippen molar-refractivity contribution in [3.05, 3.63) is 38.3 Å². The number of nitrogens with one attached hydrogen (secondary N) is 1. The summed E-state index contributed by atoms with van der Waals surface area (Å²) >= 11 is 3.15. The third-order valence-corrected chi connectivity index (χ3v) is 4.67. The fourth-order valence-electron chi connectivity index (χ4n) is 2.54. The Balaban J connectivity index is 2.03. The Kier molecular flexibility index (Phi) is 5.30. The third-order valence-electron chi connectivity index (χ3n) is 3.84. The Morgan fingerprint density at radius 1 is 1.52 bits per heavy atom. The smallest absolute Gasteiger partial charge is 0.284 e. The number of benzene rings is 1. The number of nitro groups is 1. The third kappa shape index (κ3) is 3.79. The Morgan fingerprint density at radius 2 is 2.29 bits per heavy atom. The first-order valence-corrected chi connectivity index (χ1v) is 7.71. The molecule has 7 heteroatoms. The van der Waals surface area contributed by atoms with Gasteiger partial charge in [0.1, 0.15) is 4.47 Å². The number of amides is 1. The number of hydrogen-bond acceptors (Lipinski definition) is 4. The molecule has 2 rings (SSSR count). The van der Waals surface area contributed by atoms with E-state index in [1.165, 1.54) is 25.0 Å². The van der Waals surface area contributed by atoms with Crippen LogP contribution < -0.4 is 5.32 Å². The monoisotopic (exact) mass is 355 g/mol. The van der Waals surface area contributed by atoms with Crippen molar-refractivity contribution < 1.29 is 9.72 Å². The molecular weight excluding hydrogens is 338 g/mol. The van der Waals surface area contributed by atoms with Crippen LogP contribution in [-0.2, 0) is 0 Å². The Morgan fingerprint density at radius 3 is 2.95 bits per heavy atom. The Hall–Kier alpha value is -1.47. The van der Waals surface area contributed by atoms with E-state index in [-0.39, 0.29) is 16.1 Å². The van der Waals surface area contributed by atoms with E-state index in [1.54, 1.807) is 6.07 Å².